The van der Waals surface area contributed by atoms with Crippen molar-refractivity contribution in [3.05, 3.63) is 28.7 Å². The van der Waals surface area contributed by atoms with Gasteiger partial charge >= 0.3 is 0 Å². The normalized spacial score (nSPS) is 10.6. The monoisotopic (exact) mass is 194 g/mol. The maximum Gasteiger partial charge on any atom is 0.250 e. The van der Waals surface area contributed by atoms with Crippen LogP contribution in [0.1, 0.15) is 27.2 Å². The van der Waals surface area contributed by atoms with Crippen LogP contribution < -0.4 is 10.9 Å². The second-order valence-corrected chi connectivity index (χ2v) is 3.75. The number of aromatic nitrogens is 1. The van der Waals surface area contributed by atoms with E-state index in [4.69, 9.17) is 0 Å². The molecule has 3 nitrogen and oxygen atoms in total. The molecule has 0 amide bonds. The number of nitrogens with one attached hydrogen (secondary N) is 1. The average molecular weight is 194 g/mol. The minimum absolute atomic E-state index is 0.0705. The Morgan fingerprint density at radius 3 is 2.71 bits per heavy atom. The molecule has 78 valence electrons. The Hall–Kier alpha value is -1.25. The van der Waals surface area contributed by atoms with E-state index in [0.29, 0.717) is 6.04 Å². The summed E-state index contributed by atoms with van der Waals surface area (Å²) < 4.78 is 1.74. The van der Waals surface area contributed by atoms with Crippen molar-refractivity contribution in [3.63, 3.8) is 0 Å². The zero-order chi connectivity index (χ0) is 10.6. The SMILES string of the molecule is CCCn1cc(NC(C)C)ccc1=O. The molecule has 1 heterocycles. The molecular formula is C11H18N2O. The van der Waals surface area contributed by atoms with Crippen molar-refractivity contribution in [3.8, 4) is 0 Å². The van der Waals surface area contributed by atoms with E-state index in [1.165, 1.54) is 0 Å². The topological polar surface area (TPSA) is 34.0 Å². The molecule has 0 aliphatic carbocycles. The van der Waals surface area contributed by atoms with Gasteiger partial charge in [-0.05, 0) is 26.3 Å². The first-order valence-electron chi connectivity index (χ1n) is 5.10. The maximum absolute atomic E-state index is 11.4. The molecule has 0 aromatic carbocycles. The molecule has 3 heteroatoms. The number of hydrogen-bond donors (Lipinski definition) is 1. The van der Waals surface area contributed by atoms with Crippen LogP contribution in [-0.4, -0.2) is 10.6 Å². The van der Waals surface area contributed by atoms with Gasteiger partial charge in [-0.25, -0.2) is 0 Å². The van der Waals surface area contributed by atoms with Gasteiger partial charge in [0.2, 0.25) is 0 Å². The van der Waals surface area contributed by atoms with E-state index in [-0.39, 0.29) is 5.56 Å². The van der Waals surface area contributed by atoms with Gasteiger partial charge in [0.05, 0.1) is 5.69 Å². The van der Waals surface area contributed by atoms with Gasteiger partial charge in [0.1, 0.15) is 0 Å². The molecule has 1 aromatic rings. The Morgan fingerprint density at radius 2 is 2.14 bits per heavy atom. The zero-order valence-corrected chi connectivity index (χ0v) is 9.08. The van der Waals surface area contributed by atoms with Gasteiger partial charge in [-0.2, -0.15) is 0 Å². The maximum atomic E-state index is 11.4. The molecule has 0 fully saturated rings. The highest BCUT2D eigenvalue weighted by atomic mass is 16.1. The van der Waals surface area contributed by atoms with E-state index in [0.717, 1.165) is 18.7 Å². The van der Waals surface area contributed by atoms with Gasteiger partial charge in [0.15, 0.2) is 0 Å². The molecule has 0 saturated carbocycles. The highest BCUT2D eigenvalue weighted by Gasteiger charge is 1.98. The van der Waals surface area contributed by atoms with Crippen molar-refractivity contribution >= 4 is 5.69 Å². The Labute approximate surface area is 84.8 Å². The van der Waals surface area contributed by atoms with Gasteiger partial charge < -0.3 is 9.88 Å². The summed E-state index contributed by atoms with van der Waals surface area (Å²) in [5.41, 5.74) is 1.08. The average Bonchev–Trinajstić information content (AvgIpc) is 2.10. The molecule has 1 rings (SSSR count). The fraction of sp³-hybridized carbons (Fsp3) is 0.545. The highest BCUT2D eigenvalue weighted by molar-refractivity contribution is 5.40. The minimum Gasteiger partial charge on any atom is -0.382 e. The quantitative estimate of drug-likeness (QED) is 0.796. The van der Waals surface area contributed by atoms with E-state index >= 15 is 0 Å². The molecule has 0 radical (unpaired) electrons. The van der Waals surface area contributed by atoms with Crippen molar-refractivity contribution in [1.29, 1.82) is 0 Å². The standard InChI is InChI=1S/C11H18N2O/c1-4-7-13-8-10(12-9(2)3)5-6-11(13)14/h5-6,8-9,12H,4,7H2,1-3H3. The largest absolute Gasteiger partial charge is 0.382 e. The molecule has 1 N–H and O–H groups in total. The van der Waals surface area contributed by atoms with E-state index in [1.54, 1.807) is 10.6 Å². The first kappa shape index (κ1) is 10.8. The van der Waals surface area contributed by atoms with Crippen LogP contribution in [0.2, 0.25) is 0 Å². The van der Waals surface area contributed by atoms with Gasteiger partial charge in [-0.1, -0.05) is 6.92 Å². The van der Waals surface area contributed by atoms with Crippen LogP contribution in [0.5, 0.6) is 0 Å². The van der Waals surface area contributed by atoms with Crippen LogP contribution in [0.3, 0.4) is 0 Å². The van der Waals surface area contributed by atoms with Crippen molar-refractivity contribution in [1.82, 2.24) is 4.57 Å². The van der Waals surface area contributed by atoms with Gasteiger partial charge in [-0.15, -0.1) is 0 Å². The van der Waals surface area contributed by atoms with E-state index < -0.39 is 0 Å². The molecule has 0 aliphatic heterocycles. The Morgan fingerprint density at radius 1 is 1.43 bits per heavy atom. The predicted octanol–water partition coefficient (Wildman–Crippen LogP) is 2.08. The smallest absolute Gasteiger partial charge is 0.250 e. The van der Waals surface area contributed by atoms with Crippen molar-refractivity contribution in [2.45, 2.75) is 39.8 Å². The summed E-state index contributed by atoms with van der Waals surface area (Å²) >= 11 is 0. The number of pyridine rings is 1. The summed E-state index contributed by atoms with van der Waals surface area (Å²) in [6.45, 7) is 7.01. The molecular weight excluding hydrogens is 176 g/mol. The summed E-state index contributed by atoms with van der Waals surface area (Å²) in [7, 11) is 0. The van der Waals surface area contributed by atoms with Crippen LogP contribution in [-0.2, 0) is 6.54 Å². The Bertz CT molecular complexity index is 341. The zero-order valence-electron chi connectivity index (χ0n) is 9.08. The van der Waals surface area contributed by atoms with E-state index in [9.17, 15) is 4.79 Å². The first-order chi connectivity index (χ1) is 6.63. The van der Waals surface area contributed by atoms with Gasteiger partial charge in [-0.3, -0.25) is 4.79 Å². The lowest BCUT2D eigenvalue weighted by Gasteiger charge is -2.11. The third-order valence-corrected chi connectivity index (χ3v) is 1.90. The molecule has 1 aromatic heterocycles. The molecule has 0 atom stereocenters. The minimum atomic E-state index is 0.0705. The first-order valence-corrected chi connectivity index (χ1v) is 5.10. The number of nitrogens with zero attached hydrogens (tertiary/aromatic N) is 1. The van der Waals surface area contributed by atoms with Crippen LogP contribution >= 0.6 is 0 Å². The fourth-order valence-corrected chi connectivity index (χ4v) is 1.37. The number of hydrogen-bond acceptors (Lipinski definition) is 2. The van der Waals surface area contributed by atoms with E-state index in [1.807, 2.05) is 12.3 Å². The van der Waals surface area contributed by atoms with Crippen LogP contribution in [0.4, 0.5) is 5.69 Å². The summed E-state index contributed by atoms with van der Waals surface area (Å²) in [4.78, 5) is 11.4. The number of anilines is 1. The highest BCUT2D eigenvalue weighted by Crippen LogP contribution is 2.05. The third kappa shape index (κ3) is 2.91. The summed E-state index contributed by atoms with van der Waals surface area (Å²) in [5, 5.41) is 3.27. The predicted molar refractivity (Wildman–Crippen MR) is 59.8 cm³/mol. The summed E-state index contributed by atoms with van der Waals surface area (Å²) in [6, 6.07) is 3.83. The van der Waals surface area contributed by atoms with Crippen LogP contribution in [0.25, 0.3) is 0 Å². The molecule has 0 aliphatic rings. The van der Waals surface area contributed by atoms with E-state index in [2.05, 4.69) is 26.1 Å². The Kier molecular flexibility index (Phi) is 3.74. The molecule has 14 heavy (non-hydrogen) atoms. The fourth-order valence-electron chi connectivity index (χ4n) is 1.37. The third-order valence-electron chi connectivity index (χ3n) is 1.90. The summed E-state index contributed by atoms with van der Waals surface area (Å²) in [6.07, 6.45) is 2.86. The number of rotatable bonds is 4. The second-order valence-electron chi connectivity index (χ2n) is 3.75. The van der Waals surface area contributed by atoms with Gasteiger partial charge in [0.25, 0.3) is 5.56 Å². The van der Waals surface area contributed by atoms with Crippen LogP contribution in [0.15, 0.2) is 23.1 Å². The van der Waals surface area contributed by atoms with Crippen LogP contribution in [0, 0.1) is 0 Å². The lowest BCUT2D eigenvalue weighted by atomic mass is 10.3. The molecule has 0 bridgehead atoms. The molecule has 0 unspecified atom stereocenters. The van der Waals surface area contributed by atoms with Crippen molar-refractivity contribution in [2.24, 2.45) is 0 Å². The molecule has 0 saturated heterocycles. The Balaban J connectivity index is 2.88. The lowest BCUT2D eigenvalue weighted by Crippen LogP contribution is -2.20. The van der Waals surface area contributed by atoms with Crippen molar-refractivity contribution in [2.75, 3.05) is 5.32 Å². The van der Waals surface area contributed by atoms with Gasteiger partial charge in [0, 0.05) is 24.8 Å². The van der Waals surface area contributed by atoms with Crippen molar-refractivity contribution < 1.29 is 0 Å². The lowest BCUT2D eigenvalue weighted by molar-refractivity contribution is 0.654. The summed E-state index contributed by atoms with van der Waals surface area (Å²) in [5.74, 6) is 0. The second kappa shape index (κ2) is 4.84. The number of aryl methyl sites for hydroxylation is 1. The molecule has 0 spiro atoms.